The Kier molecular flexibility index (Phi) is 12.0. The molecular weight excluding hydrogens is 511 g/mol. The Morgan fingerprint density at radius 2 is 1.72 bits per heavy atom. The largest absolute Gasteiger partial charge is 0.377 e. The quantitative estimate of drug-likeness (QED) is 0.103. The molecule has 9 nitrogen and oxygen atoms in total. The van der Waals surface area contributed by atoms with Crippen LogP contribution >= 0.6 is 34.4 Å². The van der Waals surface area contributed by atoms with Crippen LogP contribution in [0.25, 0.3) is 0 Å². The smallest absolute Gasteiger partial charge is 0.315 e. The van der Waals surface area contributed by atoms with Crippen LogP contribution in [0.2, 0.25) is 0 Å². The van der Waals surface area contributed by atoms with Crippen molar-refractivity contribution >= 4 is 52.2 Å². The van der Waals surface area contributed by atoms with Crippen LogP contribution in [0, 0.1) is 0 Å². The zero-order chi connectivity index (χ0) is 20.9. The number of halogens is 1. The summed E-state index contributed by atoms with van der Waals surface area (Å²) in [6.07, 6.45) is 3.37. The van der Waals surface area contributed by atoms with Gasteiger partial charge in [-0.3, -0.25) is 9.59 Å². The number of thioether (sulfide) groups is 1. The highest BCUT2D eigenvalue weighted by Gasteiger charge is 2.42. The monoisotopic (exact) mass is 542 g/mol. The standard InChI is InChI=1S/C18H31IN4O5S/c19-11-16(25)21-6-8-28-10-9-27-7-5-20-15(24)4-2-1-3-14-17-13(12-29-14)22-18(26)23-17/h13-14,17H,1-12H2,(H,20,24)(H,21,25)(H2,22,23,26). The number of hydrogen-bond acceptors (Lipinski definition) is 6. The number of nitrogens with one attached hydrogen (secondary N) is 4. The highest BCUT2D eigenvalue weighted by molar-refractivity contribution is 14.1. The summed E-state index contributed by atoms with van der Waals surface area (Å²) in [5.41, 5.74) is 0. The molecule has 0 aromatic heterocycles. The molecule has 2 aliphatic heterocycles. The van der Waals surface area contributed by atoms with Gasteiger partial charge in [0.05, 0.1) is 42.9 Å². The van der Waals surface area contributed by atoms with E-state index in [2.05, 4.69) is 21.3 Å². The number of amides is 4. The van der Waals surface area contributed by atoms with E-state index in [1.54, 1.807) is 0 Å². The molecule has 11 heteroatoms. The van der Waals surface area contributed by atoms with E-state index in [4.69, 9.17) is 9.47 Å². The number of carbonyl (C=O) groups is 3. The molecule has 2 saturated heterocycles. The van der Waals surface area contributed by atoms with Crippen molar-refractivity contribution in [2.75, 3.05) is 49.7 Å². The topological polar surface area (TPSA) is 118 Å². The SMILES string of the molecule is O=C(CI)NCCOCCOCCNC(=O)CCCCC1SCC2NC(=O)NC21. The number of alkyl halides is 1. The number of ether oxygens (including phenoxy) is 2. The Hall–Kier alpha value is -0.790. The van der Waals surface area contributed by atoms with Crippen LogP contribution < -0.4 is 21.3 Å². The van der Waals surface area contributed by atoms with Crippen LogP contribution in [0.15, 0.2) is 0 Å². The minimum Gasteiger partial charge on any atom is -0.377 e. The molecule has 3 atom stereocenters. The summed E-state index contributed by atoms with van der Waals surface area (Å²) >= 11 is 3.91. The minimum absolute atomic E-state index is 0.00636. The van der Waals surface area contributed by atoms with Gasteiger partial charge in [-0.05, 0) is 12.8 Å². The first-order valence-corrected chi connectivity index (χ1v) is 12.6. The lowest BCUT2D eigenvalue weighted by molar-refractivity contribution is -0.121. The summed E-state index contributed by atoms with van der Waals surface area (Å²) in [6, 6.07) is 0.434. The van der Waals surface area contributed by atoms with Gasteiger partial charge in [-0.2, -0.15) is 11.8 Å². The van der Waals surface area contributed by atoms with Gasteiger partial charge in [0, 0.05) is 30.5 Å². The third kappa shape index (κ3) is 9.71. The molecule has 0 bridgehead atoms. The number of urea groups is 1. The van der Waals surface area contributed by atoms with Gasteiger partial charge in [0.15, 0.2) is 0 Å². The highest BCUT2D eigenvalue weighted by atomic mass is 127. The Balaban J connectivity index is 1.35. The molecule has 0 radical (unpaired) electrons. The second-order valence-corrected chi connectivity index (χ2v) is 8.96. The molecule has 0 spiro atoms. The Morgan fingerprint density at radius 3 is 2.41 bits per heavy atom. The number of hydrogen-bond donors (Lipinski definition) is 4. The summed E-state index contributed by atoms with van der Waals surface area (Å²) in [5.74, 6) is 1.02. The molecule has 0 aliphatic carbocycles. The summed E-state index contributed by atoms with van der Waals surface area (Å²) in [5, 5.41) is 12.0. The number of carbonyl (C=O) groups excluding carboxylic acids is 3. The van der Waals surface area contributed by atoms with E-state index >= 15 is 0 Å². The van der Waals surface area contributed by atoms with E-state index in [9.17, 15) is 14.4 Å². The van der Waals surface area contributed by atoms with E-state index in [0.717, 1.165) is 25.0 Å². The third-order valence-corrected chi connectivity index (χ3v) is 6.91. The van der Waals surface area contributed by atoms with Crippen LogP contribution in [-0.4, -0.2) is 84.9 Å². The molecular formula is C18H31IN4O5S. The van der Waals surface area contributed by atoms with E-state index in [0.29, 0.717) is 55.6 Å². The van der Waals surface area contributed by atoms with Crippen LogP contribution in [0.5, 0.6) is 0 Å². The van der Waals surface area contributed by atoms with Crippen molar-refractivity contribution in [2.45, 2.75) is 43.0 Å². The molecule has 4 N–H and O–H groups in total. The van der Waals surface area contributed by atoms with Crippen LogP contribution in [0.4, 0.5) is 4.79 Å². The first-order valence-electron chi connectivity index (χ1n) is 10.0. The fraction of sp³-hybridized carbons (Fsp3) is 0.833. The maximum Gasteiger partial charge on any atom is 0.315 e. The van der Waals surface area contributed by atoms with Gasteiger partial charge < -0.3 is 30.7 Å². The molecule has 2 fully saturated rings. The lowest BCUT2D eigenvalue weighted by Gasteiger charge is -2.16. The summed E-state index contributed by atoms with van der Waals surface area (Å²) in [6.45, 7) is 2.84. The normalized spacial score (nSPS) is 22.7. The third-order valence-electron chi connectivity index (χ3n) is 4.71. The van der Waals surface area contributed by atoms with Crippen molar-refractivity contribution in [3.05, 3.63) is 0 Å². The molecule has 4 amide bonds. The van der Waals surface area contributed by atoms with Crippen LogP contribution in [-0.2, 0) is 19.1 Å². The first-order chi connectivity index (χ1) is 14.1. The Bertz CT molecular complexity index is 542. The van der Waals surface area contributed by atoms with Gasteiger partial charge in [0.25, 0.3) is 0 Å². The fourth-order valence-electron chi connectivity index (χ4n) is 3.26. The molecule has 0 aromatic rings. The van der Waals surface area contributed by atoms with Gasteiger partial charge in [-0.25, -0.2) is 4.79 Å². The molecule has 0 aromatic carbocycles. The molecule has 29 heavy (non-hydrogen) atoms. The minimum atomic E-state index is -0.0568. The Morgan fingerprint density at radius 1 is 1.03 bits per heavy atom. The van der Waals surface area contributed by atoms with Crippen molar-refractivity contribution in [2.24, 2.45) is 0 Å². The maximum absolute atomic E-state index is 11.9. The van der Waals surface area contributed by atoms with Gasteiger partial charge in [-0.15, -0.1) is 0 Å². The summed E-state index contributed by atoms with van der Waals surface area (Å²) in [7, 11) is 0. The molecule has 2 rings (SSSR count). The summed E-state index contributed by atoms with van der Waals surface area (Å²) < 4.78 is 11.2. The van der Waals surface area contributed by atoms with Crippen LogP contribution in [0.1, 0.15) is 25.7 Å². The van der Waals surface area contributed by atoms with Crippen molar-refractivity contribution < 1.29 is 23.9 Å². The van der Waals surface area contributed by atoms with E-state index < -0.39 is 0 Å². The van der Waals surface area contributed by atoms with Crippen molar-refractivity contribution in [3.8, 4) is 0 Å². The van der Waals surface area contributed by atoms with Gasteiger partial charge in [0.1, 0.15) is 0 Å². The van der Waals surface area contributed by atoms with E-state index in [-0.39, 0.29) is 29.9 Å². The molecule has 3 unspecified atom stereocenters. The van der Waals surface area contributed by atoms with Crippen molar-refractivity contribution in [1.82, 2.24) is 21.3 Å². The molecule has 0 saturated carbocycles. The predicted molar refractivity (Wildman–Crippen MR) is 121 cm³/mol. The lowest BCUT2D eigenvalue weighted by Crippen LogP contribution is -2.36. The average Bonchev–Trinajstić information content (AvgIpc) is 3.25. The number of rotatable bonds is 15. The zero-order valence-corrected chi connectivity index (χ0v) is 19.5. The maximum atomic E-state index is 11.9. The number of fused-ring (bicyclic) bond motifs is 1. The second kappa shape index (κ2) is 14.3. The predicted octanol–water partition coefficient (Wildman–Crippen LogP) is 0.413. The van der Waals surface area contributed by atoms with Crippen molar-refractivity contribution in [3.63, 3.8) is 0 Å². The fourth-order valence-corrected chi connectivity index (χ4v) is 5.07. The molecule has 2 aliphatic rings. The van der Waals surface area contributed by atoms with Crippen molar-refractivity contribution in [1.29, 1.82) is 0 Å². The van der Waals surface area contributed by atoms with E-state index in [1.807, 2.05) is 34.4 Å². The summed E-state index contributed by atoms with van der Waals surface area (Å²) in [4.78, 5) is 34.2. The average molecular weight is 542 g/mol. The highest BCUT2D eigenvalue weighted by Crippen LogP contribution is 2.33. The lowest BCUT2D eigenvalue weighted by atomic mass is 10.0. The van der Waals surface area contributed by atoms with Gasteiger partial charge in [0.2, 0.25) is 11.8 Å². The zero-order valence-electron chi connectivity index (χ0n) is 16.5. The second-order valence-electron chi connectivity index (χ2n) is 6.93. The van der Waals surface area contributed by atoms with E-state index in [1.165, 1.54) is 0 Å². The van der Waals surface area contributed by atoms with Gasteiger partial charge in [-0.1, -0.05) is 29.0 Å². The Labute approximate surface area is 189 Å². The number of unbranched alkanes of at least 4 members (excludes halogenated alkanes) is 1. The van der Waals surface area contributed by atoms with Crippen LogP contribution in [0.3, 0.4) is 0 Å². The molecule has 166 valence electrons. The molecule has 2 heterocycles. The van der Waals surface area contributed by atoms with Gasteiger partial charge >= 0.3 is 6.03 Å². The first kappa shape index (κ1) is 24.5.